The van der Waals surface area contributed by atoms with E-state index in [-0.39, 0.29) is 0 Å². The zero-order valence-corrected chi connectivity index (χ0v) is 7.93. The van der Waals surface area contributed by atoms with Crippen molar-refractivity contribution in [2.75, 3.05) is 6.54 Å². The molecule has 0 amide bonds. The van der Waals surface area contributed by atoms with Crippen molar-refractivity contribution in [3.8, 4) is 0 Å². The van der Waals surface area contributed by atoms with Crippen LogP contribution in [0.2, 0.25) is 0 Å². The Balaban J connectivity index is 2.63. The SMILES string of the molecule is C=CN1CCCC1C(C)(C)C. The molecule has 0 spiro atoms. The molecule has 0 radical (unpaired) electrons. The van der Waals surface area contributed by atoms with Crippen molar-refractivity contribution >= 4 is 0 Å². The number of hydrogen-bond donors (Lipinski definition) is 0. The lowest BCUT2D eigenvalue weighted by Gasteiger charge is -2.34. The molecule has 1 atom stereocenters. The predicted octanol–water partition coefficient (Wildman–Crippen LogP) is 2.64. The van der Waals surface area contributed by atoms with Crippen LogP contribution >= 0.6 is 0 Å². The molecule has 1 unspecified atom stereocenters. The highest BCUT2D eigenvalue weighted by molar-refractivity contribution is 4.92. The molecule has 1 aliphatic rings. The van der Waals surface area contributed by atoms with E-state index in [0.717, 1.165) is 0 Å². The summed E-state index contributed by atoms with van der Waals surface area (Å²) >= 11 is 0. The smallest absolute Gasteiger partial charge is 0.0333 e. The molecule has 0 saturated carbocycles. The van der Waals surface area contributed by atoms with Crippen LogP contribution in [-0.4, -0.2) is 17.5 Å². The van der Waals surface area contributed by atoms with E-state index in [0.29, 0.717) is 11.5 Å². The lowest BCUT2D eigenvalue weighted by atomic mass is 9.85. The molecule has 0 aromatic rings. The van der Waals surface area contributed by atoms with Crippen LogP contribution in [0.5, 0.6) is 0 Å². The zero-order chi connectivity index (χ0) is 8.48. The monoisotopic (exact) mass is 153 g/mol. The molecule has 0 bridgehead atoms. The van der Waals surface area contributed by atoms with Gasteiger partial charge in [-0.2, -0.15) is 0 Å². The molecule has 1 saturated heterocycles. The van der Waals surface area contributed by atoms with Crippen molar-refractivity contribution in [2.24, 2.45) is 5.41 Å². The number of hydrogen-bond acceptors (Lipinski definition) is 1. The Morgan fingerprint density at radius 2 is 2.09 bits per heavy atom. The van der Waals surface area contributed by atoms with Gasteiger partial charge in [0.15, 0.2) is 0 Å². The summed E-state index contributed by atoms with van der Waals surface area (Å²) in [7, 11) is 0. The minimum Gasteiger partial charge on any atom is -0.374 e. The first-order valence-corrected chi connectivity index (χ1v) is 4.44. The quantitative estimate of drug-likeness (QED) is 0.560. The number of rotatable bonds is 1. The van der Waals surface area contributed by atoms with Crippen molar-refractivity contribution < 1.29 is 0 Å². The Bertz CT molecular complexity index is 143. The standard InChI is InChI=1S/C10H19N/c1-5-11-8-6-7-9(11)10(2,3)4/h5,9H,1,6-8H2,2-4H3. The van der Waals surface area contributed by atoms with Crippen LogP contribution in [-0.2, 0) is 0 Å². The number of nitrogens with zero attached hydrogens (tertiary/aromatic N) is 1. The van der Waals surface area contributed by atoms with Gasteiger partial charge in [-0.15, -0.1) is 0 Å². The predicted molar refractivity (Wildman–Crippen MR) is 49.4 cm³/mol. The molecule has 1 nitrogen and oxygen atoms in total. The summed E-state index contributed by atoms with van der Waals surface area (Å²) < 4.78 is 0. The summed E-state index contributed by atoms with van der Waals surface area (Å²) in [6, 6.07) is 0.708. The fraction of sp³-hybridized carbons (Fsp3) is 0.800. The summed E-state index contributed by atoms with van der Waals surface area (Å²) in [4.78, 5) is 2.38. The van der Waals surface area contributed by atoms with Gasteiger partial charge >= 0.3 is 0 Å². The number of likely N-dealkylation sites (tertiary alicyclic amines) is 1. The summed E-state index contributed by atoms with van der Waals surface area (Å²) in [5.74, 6) is 0. The van der Waals surface area contributed by atoms with Gasteiger partial charge < -0.3 is 4.90 Å². The highest BCUT2D eigenvalue weighted by Crippen LogP contribution is 2.32. The lowest BCUT2D eigenvalue weighted by molar-refractivity contribution is 0.189. The Kier molecular flexibility index (Phi) is 2.26. The molecule has 1 heteroatoms. The van der Waals surface area contributed by atoms with Gasteiger partial charge in [0.1, 0.15) is 0 Å². The van der Waals surface area contributed by atoms with Crippen molar-refractivity contribution in [3.05, 3.63) is 12.8 Å². The van der Waals surface area contributed by atoms with E-state index < -0.39 is 0 Å². The Hall–Kier alpha value is -0.460. The van der Waals surface area contributed by atoms with Gasteiger partial charge in [-0.05, 0) is 24.5 Å². The maximum absolute atomic E-state index is 3.83. The Labute approximate surface area is 70.1 Å². The van der Waals surface area contributed by atoms with Gasteiger partial charge in [0.05, 0.1) is 0 Å². The average molecular weight is 153 g/mol. The van der Waals surface area contributed by atoms with Crippen molar-refractivity contribution in [2.45, 2.75) is 39.7 Å². The summed E-state index contributed by atoms with van der Waals surface area (Å²) in [6.45, 7) is 11.9. The molecular formula is C10H19N. The molecule has 11 heavy (non-hydrogen) atoms. The molecule has 1 aliphatic heterocycles. The Morgan fingerprint density at radius 1 is 1.45 bits per heavy atom. The van der Waals surface area contributed by atoms with Crippen molar-refractivity contribution in [1.82, 2.24) is 4.90 Å². The molecule has 0 N–H and O–H groups in total. The van der Waals surface area contributed by atoms with E-state index in [2.05, 4.69) is 32.3 Å². The normalized spacial score (nSPS) is 25.7. The van der Waals surface area contributed by atoms with E-state index in [4.69, 9.17) is 0 Å². The van der Waals surface area contributed by atoms with Crippen molar-refractivity contribution in [3.63, 3.8) is 0 Å². The fourth-order valence-corrected chi connectivity index (χ4v) is 1.94. The molecular weight excluding hydrogens is 134 g/mol. The van der Waals surface area contributed by atoms with Crippen LogP contribution in [0.25, 0.3) is 0 Å². The highest BCUT2D eigenvalue weighted by Gasteiger charge is 2.31. The molecule has 1 heterocycles. The molecule has 0 aliphatic carbocycles. The average Bonchev–Trinajstić information content (AvgIpc) is 2.31. The first-order chi connectivity index (χ1) is 5.05. The van der Waals surface area contributed by atoms with Crippen LogP contribution < -0.4 is 0 Å². The fourth-order valence-electron chi connectivity index (χ4n) is 1.94. The van der Waals surface area contributed by atoms with Gasteiger partial charge in [0.2, 0.25) is 0 Å². The molecule has 0 aromatic carbocycles. The van der Waals surface area contributed by atoms with Gasteiger partial charge in [0.25, 0.3) is 0 Å². The van der Waals surface area contributed by atoms with Crippen LogP contribution in [0, 0.1) is 5.41 Å². The minimum atomic E-state index is 0.407. The first kappa shape index (κ1) is 8.63. The van der Waals surface area contributed by atoms with Crippen LogP contribution in [0.3, 0.4) is 0 Å². The third-order valence-electron chi connectivity index (χ3n) is 2.53. The summed E-state index contributed by atoms with van der Waals surface area (Å²) in [5.41, 5.74) is 0.407. The van der Waals surface area contributed by atoms with Gasteiger partial charge in [-0.1, -0.05) is 27.4 Å². The highest BCUT2D eigenvalue weighted by atomic mass is 15.2. The van der Waals surface area contributed by atoms with Crippen LogP contribution in [0.15, 0.2) is 12.8 Å². The maximum Gasteiger partial charge on any atom is 0.0333 e. The van der Waals surface area contributed by atoms with E-state index in [1.54, 1.807) is 0 Å². The van der Waals surface area contributed by atoms with Gasteiger partial charge in [0, 0.05) is 12.6 Å². The third-order valence-corrected chi connectivity index (χ3v) is 2.53. The zero-order valence-electron chi connectivity index (χ0n) is 7.93. The van der Waals surface area contributed by atoms with E-state index in [1.807, 2.05) is 6.20 Å². The minimum absolute atomic E-state index is 0.407. The maximum atomic E-state index is 3.83. The van der Waals surface area contributed by atoms with Gasteiger partial charge in [-0.25, -0.2) is 0 Å². The molecule has 0 aromatic heterocycles. The van der Waals surface area contributed by atoms with Crippen LogP contribution in [0.4, 0.5) is 0 Å². The van der Waals surface area contributed by atoms with Crippen LogP contribution in [0.1, 0.15) is 33.6 Å². The largest absolute Gasteiger partial charge is 0.374 e. The topological polar surface area (TPSA) is 3.24 Å². The third kappa shape index (κ3) is 1.76. The second-order valence-corrected chi connectivity index (χ2v) is 4.44. The summed E-state index contributed by atoms with van der Waals surface area (Å²) in [5, 5.41) is 0. The molecule has 1 fully saturated rings. The van der Waals surface area contributed by atoms with E-state index in [1.165, 1.54) is 19.4 Å². The summed E-state index contributed by atoms with van der Waals surface area (Å²) in [6.07, 6.45) is 4.65. The molecule has 64 valence electrons. The van der Waals surface area contributed by atoms with Gasteiger partial charge in [-0.3, -0.25) is 0 Å². The van der Waals surface area contributed by atoms with E-state index in [9.17, 15) is 0 Å². The van der Waals surface area contributed by atoms with Crippen molar-refractivity contribution in [1.29, 1.82) is 0 Å². The molecule has 1 rings (SSSR count). The Morgan fingerprint density at radius 3 is 2.45 bits per heavy atom. The first-order valence-electron chi connectivity index (χ1n) is 4.44. The lowest BCUT2D eigenvalue weighted by Crippen LogP contribution is -2.35. The second kappa shape index (κ2) is 2.88. The van der Waals surface area contributed by atoms with E-state index >= 15 is 0 Å². The second-order valence-electron chi connectivity index (χ2n) is 4.44.